The van der Waals surface area contributed by atoms with Gasteiger partial charge in [0.25, 0.3) is 0 Å². The molecule has 1 saturated heterocycles. The highest BCUT2D eigenvalue weighted by Crippen LogP contribution is 2.56. The monoisotopic (exact) mass is 668 g/mol. The van der Waals surface area contributed by atoms with Gasteiger partial charge in [0.05, 0.1) is 34.3 Å². The van der Waals surface area contributed by atoms with Gasteiger partial charge in [-0.15, -0.1) is 0 Å². The second-order valence-corrected chi connectivity index (χ2v) is 13.0. The van der Waals surface area contributed by atoms with Gasteiger partial charge in [-0.1, -0.05) is 63.4 Å². The lowest BCUT2D eigenvalue weighted by atomic mass is 9.82. The molecule has 7 rings (SSSR count). The molecule has 4 aromatic rings. The second kappa shape index (κ2) is 10.8. The van der Waals surface area contributed by atoms with Crippen molar-refractivity contribution in [3.05, 3.63) is 105 Å². The summed E-state index contributed by atoms with van der Waals surface area (Å²) in [6.45, 7) is 3.57. The topological polar surface area (TPSA) is 93.6 Å². The summed E-state index contributed by atoms with van der Waals surface area (Å²) >= 11 is 9.51. The molecule has 44 heavy (non-hydrogen) atoms. The van der Waals surface area contributed by atoms with Gasteiger partial charge in [0.1, 0.15) is 0 Å². The Morgan fingerprint density at radius 1 is 1.00 bits per heavy atom. The summed E-state index contributed by atoms with van der Waals surface area (Å²) in [6.07, 6.45) is 1.99. The number of carbonyl (C=O) groups excluding carboxylic acids is 4. The van der Waals surface area contributed by atoms with Crippen LogP contribution < -0.4 is 4.90 Å². The predicted molar refractivity (Wildman–Crippen MR) is 170 cm³/mol. The molecule has 0 spiro atoms. The Bertz CT molecular complexity index is 1940. The molecule has 0 radical (unpaired) electrons. The summed E-state index contributed by atoms with van der Waals surface area (Å²) in [4.78, 5) is 59.4. The largest absolute Gasteiger partial charge is 0.451 e. The number of esters is 1. The zero-order valence-electron chi connectivity index (χ0n) is 23.8. The van der Waals surface area contributed by atoms with E-state index in [0.717, 1.165) is 10.9 Å². The van der Waals surface area contributed by atoms with Gasteiger partial charge in [-0.25, -0.2) is 9.78 Å². The number of hydrogen-bond acceptors (Lipinski definition) is 6. The van der Waals surface area contributed by atoms with Crippen LogP contribution in [0.1, 0.15) is 41.0 Å². The minimum absolute atomic E-state index is 0.131. The number of Topliss-reactive ketones (excluding diaryl/α,β-unsaturated/α-hetero) is 1. The summed E-state index contributed by atoms with van der Waals surface area (Å²) in [5.74, 6) is -1.58. The average Bonchev–Trinajstić information content (AvgIpc) is 3.65. The molecule has 2 fully saturated rings. The Morgan fingerprint density at radius 3 is 2.50 bits per heavy atom. The highest BCUT2D eigenvalue weighted by molar-refractivity contribution is 9.10. The van der Waals surface area contributed by atoms with Gasteiger partial charge in [-0.2, -0.15) is 0 Å². The predicted octanol–water partition coefficient (Wildman–Crippen LogP) is 7.45. The molecule has 220 valence electrons. The number of fused-ring (bicyclic) bond motifs is 6. The Kier molecular flexibility index (Phi) is 7.02. The molecule has 1 aliphatic heterocycles. The first-order valence-electron chi connectivity index (χ1n) is 14.4. The molecule has 7 nitrogen and oxygen atoms in total. The van der Waals surface area contributed by atoms with Crippen LogP contribution in [-0.2, 0) is 14.3 Å². The van der Waals surface area contributed by atoms with Crippen molar-refractivity contribution >= 4 is 67.7 Å². The van der Waals surface area contributed by atoms with Crippen LogP contribution in [0.4, 0.5) is 5.69 Å². The van der Waals surface area contributed by atoms with Crippen molar-refractivity contribution in [2.24, 2.45) is 23.7 Å². The Hall–Kier alpha value is -4.14. The maximum Gasteiger partial charge on any atom is 0.339 e. The van der Waals surface area contributed by atoms with Crippen molar-refractivity contribution in [2.75, 3.05) is 4.90 Å². The van der Waals surface area contributed by atoms with E-state index < -0.39 is 12.1 Å². The number of halogens is 2. The summed E-state index contributed by atoms with van der Waals surface area (Å²) in [5, 5.41) is 0.973. The van der Waals surface area contributed by atoms with Crippen LogP contribution in [0.5, 0.6) is 0 Å². The van der Waals surface area contributed by atoms with Gasteiger partial charge in [0.15, 0.2) is 6.10 Å². The maximum absolute atomic E-state index is 13.5. The molecule has 2 heterocycles. The van der Waals surface area contributed by atoms with E-state index in [-0.39, 0.29) is 46.8 Å². The van der Waals surface area contributed by atoms with Crippen LogP contribution in [-0.4, -0.2) is 34.7 Å². The van der Waals surface area contributed by atoms with E-state index in [0.29, 0.717) is 38.4 Å². The number of anilines is 1. The molecule has 5 unspecified atom stereocenters. The molecular weight excluding hydrogens is 644 g/mol. The first-order valence-corrected chi connectivity index (χ1v) is 15.6. The number of benzene rings is 3. The first kappa shape index (κ1) is 28.6. The summed E-state index contributed by atoms with van der Waals surface area (Å²) in [6, 6.07) is 20.6. The fourth-order valence-corrected chi connectivity index (χ4v) is 7.53. The number of pyridine rings is 1. The zero-order chi connectivity index (χ0) is 30.9. The minimum Gasteiger partial charge on any atom is -0.451 e. The van der Waals surface area contributed by atoms with E-state index in [1.807, 2.05) is 13.0 Å². The van der Waals surface area contributed by atoms with Gasteiger partial charge in [0, 0.05) is 26.0 Å². The lowest BCUT2D eigenvalue weighted by molar-refractivity contribution is -0.123. The van der Waals surface area contributed by atoms with E-state index in [1.54, 1.807) is 60.7 Å². The Balaban J connectivity index is 1.18. The third-order valence-corrected chi connectivity index (χ3v) is 9.78. The molecule has 5 atom stereocenters. The fraction of sp³-hybridized carbons (Fsp3) is 0.229. The molecular formula is C35H26BrClN2O5. The third kappa shape index (κ3) is 4.68. The van der Waals surface area contributed by atoms with Gasteiger partial charge in [0.2, 0.25) is 17.6 Å². The van der Waals surface area contributed by atoms with Crippen LogP contribution in [0.15, 0.2) is 88.9 Å². The highest BCUT2D eigenvalue weighted by Gasteiger charge is 2.60. The van der Waals surface area contributed by atoms with Gasteiger partial charge in [-0.05, 0) is 80.6 Å². The number of carbonyl (C=O) groups is 4. The number of ketones is 1. The van der Waals surface area contributed by atoms with Gasteiger partial charge < -0.3 is 4.74 Å². The molecule has 2 bridgehead atoms. The van der Waals surface area contributed by atoms with Gasteiger partial charge in [-0.3, -0.25) is 19.3 Å². The average molecular weight is 670 g/mol. The number of amides is 2. The van der Waals surface area contributed by atoms with Crippen molar-refractivity contribution in [2.45, 2.75) is 26.4 Å². The smallest absolute Gasteiger partial charge is 0.339 e. The molecule has 3 aliphatic rings. The molecule has 0 N–H and O–H groups in total. The lowest BCUT2D eigenvalue weighted by Gasteiger charge is -2.19. The number of nitrogens with zero attached hydrogens (tertiary/aromatic N) is 2. The lowest BCUT2D eigenvalue weighted by Crippen LogP contribution is -2.32. The number of ether oxygens (including phenoxy) is 1. The van der Waals surface area contributed by atoms with Crippen molar-refractivity contribution in [3.8, 4) is 11.3 Å². The summed E-state index contributed by atoms with van der Waals surface area (Å²) < 4.78 is 6.40. The highest BCUT2D eigenvalue weighted by atomic mass is 79.9. The third-order valence-electron chi connectivity index (χ3n) is 9.05. The zero-order valence-corrected chi connectivity index (χ0v) is 26.1. The quantitative estimate of drug-likeness (QED) is 0.0917. The Labute approximate surface area is 267 Å². The van der Waals surface area contributed by atoms with Crippen LogP contribution in [0.25, 0.3) is 22.2 Å². The second-order valence-electron chi connectivity index (χ2n) is 11.7. The minimum atomic E-state index is -1.05. The molecule has 3 aromatic carbocycles. The van der Waals surface area contributed by atoms with Crippen molar-refractivity contribution in [1.29, 1.82) is 0 Å². The van der Waals surface area contributed by atoms with E-state index in [2.05, 4.69) is 22.0 Å². The number of hydrogen-bond donors (Lipinski definition) is 0. The number of imide groups is 1. The molecule has 2 aliphatic carbocycles. The summed E-state index contributed by atoms with van der Waals surface area (Å²) in [5.41, 5.74) is 4.07. The van der Waals surface area contributed by atoms with Gasteiger partial charge >= 0.3 is 5.97 Å². The molecule has 1 aromatic heterocycles. The van der Waals surface area contributed by atoms with Crippen LogP contribution >= 0.6 is 27.5 Å². The first-order chi connectivity index (χ1) is 21.1. The Morgan fingerprint density at radius 2 is 1.75 bits per heavy atom. The fourth-order valence-electron chi connectivity index (χ4n) is 6.98. The molecule has 9 heteroatoms. The van der Waals surface area contributed by atoms with Crippen LogP contribution in [0.2, 0.25) is 5.02 Å². The van der Waals surface area contributed by atoms with Crippen molar-refractivity contribution in [3.63, 3.8) is 0 Å². The van der Waals surface area contributed by atoms with E-state index in [1.165, 1.54) is 23.5 Å². The van der Waals surface area contributed by atoms with E-state index in [9.17, 15) is 19.2 Å². The van der Waals surface area contributed by atoms with Crippen molar-refractivity contribution < 1.29 is 23.9 Å². The molecule has 2 amide bonds. The maximum atomic E-state index is 13.5. The number of allylic oxidation sites excluding steroid dienone is 2. The van der Waals surface area contributed by atoms with E-state index >= 15 is 0 Å². The van der Waals surface area contributed by atoms with Crippen molar-refractivity contribution in [1.82, 2.24) is 4.98 Å². The van der Waals surface area contributed by atoms with Crippen LogP contribution in [0, 0.1) is 23.7 Å². The van der Waals surface area contributed by atoms with Crippen LogP contribution in [0.3, 0.4) is 0 Å². The number of aromatic nitrogens is 1. The standard InChI is InChI=1S/C35H26BrClN2O5/c1-17-12-21-14-25(17)31-30(21)33(41)39(34(31)42)24-9-6-19(7-10-24)29-16-27(26-15-22(36)8-11-28(26)38-29)35(43)44-18(2)32(40)20-4-3-5-23(37)13-20/h3-13,15-16,18,21,25,30-31H,14H2,1-2H3. The number of rotatable bonds is 6. The normalized spacial score (nSPS) is 22.7. The molecule has 1 saturated carbocycles. The summed E-state index contributed by atoms with van der Waals surface area (Å²) in [7, 11) is 0. The van der Waals surface area contributed by atoms with E-state index in [4.69, 9.17) is 21.3 Å². The SMILES string of the molecule is CC1=CC2CC1C1C(=O)N(c3ccc(-c4cc(C(=O)OC(C)C(=O)c5cccc(Cl)c5)c5cc(Br)ccc5n4)cc3)C(=O)C21.